The molecular weight excluding hydrogens is 270 g/mol. The summed E-state index contributed by atoms with van der Waals surface area (Å²) >= 11 is 0. The van der Waals surface area contributed by atoms with Gasteiger partial charge in [-0.1, -0.05) is 44.2 Å². The molecule has 0 unspecified atom stereocenters. The van der Waals surface area contributed by atoms with Crippen molar-refractivity contribution in [2.75, 3.05) is 0 Å². The molecule has 0 amide bonds. The first-order valence-corrected chi connectivity index (χ1v) is 7.52. The van der Waals surface area contributed by atoms with Crippen LogP contribution in [-0.4, -0.2) is 15.0 Å². The number of hydrogen-bond donors (Lipinski definition) is 1. The van der Waals surface area contributed by atoms with Crippen LogP contribution in [0.25, 0.3) is 33.1 Å². The zero-order valence-electron chi connectivity index (χ0n) is 12.5. The lowest BCUT2D eigenvalue weighted by atomic mass is 9.82. The van der Waals surface area contributed by atoms with Gasteiger partial charge in [0.05, 0.1) is 11.2 Å². The molecule has 22 heavy (non-hydrogen) atoms. The quantitative estimate of drug-likeness (QED) is 0.519. The number of nitrogens with one attached hydrogen (secondary N) is 1. The average Bonchev–Trinajstić information content (AvgIpc) is 3.02. The van der Waals surface area contributed by atoms with Gasteiger partial charge in [0, 0.05) is 39.0 Å². The van der Waals surface area contributed by atoms with Gasteiger partial charge >= 0.3 is 0 Å². The van der Waals surface area contributed by atoms with Crippen LogP contribution in [0.3, 0.4) is 0 Å². The minimum absolute atomic E-state index is 0.0910. The molecular formula is C19H15N3. The number of aromatic nitrogens is 3. The Bertz CT molecular complexity index is 1060. The van der Waals surface area contributed by atoms with Crippen LogP contribution in [0.1, 0.15) is 25.0 Å². The number of H-pyrrole nitrogens is 1. The zero-order chi connectivity index (χ0) is 14.9. The Balaban J connectivity index is 1.99. The average molecular weight is 285 g/mol. The SMILES string of the molecule is CC1(C)c2cncnc2-c2ccc3c([nH]c4ccccc43)c21. The van der Waals surface area contributed by atoms with E-state index in [0.29, 0.717) is 0 Å². The summed E-state index contributed by atoms with van der Waals surface area (Å²) in [7, 11) is 0. The molecule has 2 aromatic heterocycles. The zero-order valence-corrected chi connectivity index (χ0v) is 12.5. The van der Waals surface area contributed by atoms with Crippen LogP contribution in [0.15, 0.2) is 48.9 Å². The number of para-hydroxylation sites is 1. The molecule has 106 valence electrons. The fourth-order valence-electron chi connectivity index (χ4n) is 3.90. The molecule has 0 atom stereocenters. The first-order valence-electron chi connectivity index (χ1n) is 7.52. The highest BCUT2D eigenvalue weighted by Gasteiger charge is 2.38. The summed E-state index contributed by atoms with van der Waals surface area (Å²) in [6.07, 6.45) is 3.59. The predicted molar refractivity (Wildman–Crippen MR) is 89.0 cm³/mol. The maximum atomic E-state index is 4.53. The van der Waals surface area contributed by atoms with E-state index in [4.69, 9.17) is 0 Å². The van der Waals surface area contributed by atoms with Gasteiger partial charge in [0.1, 0.15) is 6.33 Å². The summed E-state index contributed by atoms with van der Waals surface area (Å²) in [4.78, 5) is 12.4. The monoisotopic (exact) mass is 285 g/mol. The summed E-state index contributed by atoms with van der Waals surface area (Å²) in [5, 5.41) is 2.56. The van der Waals surface area contributed by atoms with E-state index in [1.807, 2.05) is 6.20 Å². The lowest BCUT2D eigenvalue weighted by Gasteiger charge is -2.21. The lowest BCUT2D eigenvalue weighted by molar-refractivity contribution is 0.660. The van der Waals surface area contributed by atoms with Crippen molar-refractivity contribution in [1.29, 1.82) is 0 Å². The van der Waals surface area contributed by atoms with Crippen molar-refractivity contribution in [3.8, 4) is 11.3 Å². The molecule has 0 aliphatic heterocycles. The minimum atomic E-state index is -0.0910. The summed E-state index contributed by atoms with van der Waals surface area (Å²) in [6, 6.07) is 12.9. The second-order valence-corrected chi connectivity index (χ2v) is 6.49. The Kier molecular flexibility index (Phi) is 2.03. The van der Waals surface area contributed by atoms with Crippen molar-refractivity contribution >= 4 is 21.8 Å². The van der Waals surface area contributed by atoms with Gasteiger partial charge in [-0.15, -0.1) is 0 Å². The van der Waals surface area contributed by atoms with Gasteiger partial charge in [-0.3, -0.25) is 0 Å². The maximum absolute atomic E-state index is 4.53. The van der Waals surface area contributed by atoms with E-state index >= 15 is 0 Å². The molecule has 2 heterocycles. The normalized spacial score (nSPS) is 15.2. The number of aromatic amines is 1. The van der Waals surface area contributed by atoms with Gasteiger partial charge < -0.3 is 4.98 Å². The van der Waals surface area contributed by atoms with E-state index in [1.54, 1.807) is 6.33 Å². The number of benzene rings is 2. The van der Waals surface area contributed by atoms with Gasteiger partial charge in [-0.05, 0) is 11.6 Å². The number of hydrogen-bond acceptors (Lipinski definition) is 2. The van der Waals surface area contributed by atoms with Crippen LogP contribution in [-0.2, 0) is 5.41 Å². The Morgan fingerprint density at radius 2 is 1.86 bits per heavy atom. The first kappa shape index (κ1) is 11.9. The van der Waals surface area contributed by atoms with Crippen LogP contribution < -0.4 is 0 Å². The van der Waals surface area contributed by atoms with Gasteiger partial charge in [0.25, 0.3) is 0 Å². The van der Waals surface area contributed by atoms with E-state index in [1.165, 1.54) is 38.5 Å². The number of nitrogens with zero attached hydrogens (tertiary/aromatic N) is 2. The van der Waals surface area contributed by atoms with E-state index in [9.17, 15) is 0 Å². The van der Waals surface area contributed by atoms with Crippen LogP contribution in [0.4, 0.5) is 0 Å². The third kappa shape index (κ3) is 1.27. The van der Waals surface area contributed by atoms with Crippen molar-refractivity contribution in [1.82, 2.24) is 15.0 Å². The third-order valence-corrected chi connectivity index (χ3v) is 4.95. The van der Waals surface area contributed by atoms with Gasteiger partial charge in [0.2, 0.25) is 0 Å². The van der Waals surface area contributed by atoms with Crippen LogP contribution >= 0.6 is 0 Å². The Hall–Kier alpha value is -2.68. The molecule has 1 N–H and O–H groups in total. The van der Waals surface area contributed by atoms with Gasteiger partial charge in [-0.25, -0.2) is 9.97 Å². The molecule has 3 heteroatoms. The molecule has 2 aromatic carbocycles. The van der Waals surface area contributed by atoms with E-state index < -0.39 is 0 Å². The second kappa shape index (κ2) is 3.74. The topological polar surface area (TPSA) is 41.6 Å². The molecule has 0 bridgehead atoms. The molecule has 0 saturated carbocycles. The lowest BCUT2D eigenvalue weighted by Crippen LogP contribution is -2.16. The molecule has 5 rings (SSSR count). The number of rotatable bonds is 0. The van der Waals surface area contributed by atoms with Crippen molar-refractivity contribution in [2.45, 2.75) is 19.3 Å². The van der Waals surface area contributed by atoms with Gasteiger partial charge in [0.15, 0.2) is 0 Å². The summed E-state index contributed by atoms with van der Waals surface area (Å²) < 4.78 is 0. The summed E-state index contributed by atoms with van der Waals surface area (Å²) in [5.74, 6) is 0. The fourth-order valence-corrected chi connectivity index (χ4v) is 3.90. The molecule has 1 aliphatic carbocycles. The number of fused-ring (bicyclic) bond motifs is 7. The fraction of sp³-hybridized carbons (Fsp3) is 0.158. The molecule has 1 aliphatic rings. The van der Waals surface area contributed by atoms with E-state index in [0.717, 1.165) is 5.69 Å². The van der Waals surface area contributed by atoms with Crippen molar-refractivity contribution in [2.24, 2.45) is 0 Å². The van der Waals surface area contributed by atoms with Crippen molar-refractivity contribution in [3.63, 3.8) is 0 Å². The van der Waals surface area contributed by atoms with Crippen LogP contribution in [0.5, 0.6) is 0 Å². The summed E-state index contributed by atoms with van der Waals surface area (Å²) in [6.45, 7) is 4.51. The molecule has 3 nitrogen and oxygen atoms in total. The largest absolute Gasteiger partial charge is 0.354 e. The Morgan fingerprint density at radius 3 is 2.77 bits per heavy atom. The smallest absolute Gasteiger partial charge is 0.116 e. The van der Waals surface area contributed by atoms with Crippen molar-refractivity contribution in [3.05, 3.63) is 60.0 Å². The summed E-state index contributed by atoms with van der Waals surface area (Å²) in [5.41, 5.74) is 7.14. The third-order valence-electron chi connectivity index (χ3n) is 4.95. The molecule has 0 fully saturated rings. The molecule has 4 aromatic rings. The van der Waals surface area contributed by atoms with E-state index in [-0.39, 0.29) is 5.41 Å². The predicted octanol–water partition coefficient (Wildman–Crippen LogP) is 4.42. The second-order valence-electron chi connectivity index (χ2n) is 6.49. The standard InChI is InChI=1S/C19H15N3/c1-19(2)14-9-20-10-21-17(14)13-8-7-12-11-5-3-4-6-15(11)22-18(12)16(13)19/h3-10,22H,1-2H3. The molecule has 0 saturated heterocycles. The van der Waals surface area contributed by atoms with Crippen molar-refractivity contribution < 1.29 is 0 Å². The molecule has 0 spiro atoms. The maximum Gasteiger partial charge on any atom is 0.116 e. The Labute approximate surface area is 128 Å². The highest BCUT2D eigenvalue weighted by molar-refractivity contribution is 6.10. The van der Waals surface area contributed by atoms with Gasteiger partial charge in [-0.2, -0.15) is 0 Å². The van der Waals surface area contributed by atoms with E-state index in [2.05, 4.69) is 65.2 Å². The highest BCUT2D eigenvalue weighted by Crippen LogP contribution is 2.50. The first-order chi connectivity index (χ1) is 10.7. The highest BCUT2D eigenvalue weighted by atomic mass is 14.8. The molecule has 0 radical (unpaired) electrons. The van der Waals surface area contributed by atoms with Crippen LogP contribution in [0, 0.1) is 0 Å². The van der Waals surface area contributed by atoms with Crippen LogP contribution in [0.2, 0.25) is 0 Å². The minimum Gasteiger partial charge on any atom is -0.354 e. The Morgan fingerprint density at radius 1 is 1.00 bits per heavy atom.